The van der Waals surface area contributed by atoms with E-state index in [1.807, 2.05) is 0 Å². The quantitative estimate of drug-likeness (QED) is 0.732. The second kappa shape index (κ2) is 5.83. The van der Waals surface area contributed by atoms with Crippen molar-refractivity contribution in [2.24, 2.45) is 0 Å². The first-order valence-corrected chi connectivity index (χ1v) is 5.96. The number of nitrogens with one attached hydrogen (secondary N) is 2. The van der Waals surface area contributed by atoms with Crippen molar-refractivity contribution in [2.45, 2.75) is 0 Å². The van der Waals surface area contributed by atoms with E-state index >= 15 is 0 Å². The number of nitrogen functional groups attached to an aromatic ring is 1. The first-order valence-electron chi connectivity index (χ1n) is 5.96. The summed E-state index contributed by atoms with van der Waals surface area (Å²) in [6.45, 7) is 0. The molecule has 0 saturated carbocycles. The highest BCUT2D eigenvalue weighted by Gasteiger charge is 2.10. The molecule has 4 N–H and O–H groups in total. The molecule has 0 aliphatic carbocycles. The van der Waals surface area contributed by atoms with E-state index in [4.69, 9.17) is 5.73 Å². The van der Waals surface area contributed by atoms with Gasteiger partial charge in [0.15, 0.2) is 0 Å². The topological polar surface area (TPSA) is 97.1 Å². The van der Waals surface area contributed by atoms with Crippen LogP contribution in [0.25, 0.3) is 0 Å². The van der Waals surface area contributed by atoms with Crippen LogP contribution in [0.2, 0.25) is 0 Å². The van der Waals surface area contributed by atoms with Crippen molar-refractivity contribution in [3.8, 4) is 0 Å². The second-order valence-corrected chi connectivity index (χ2v) is 4.05. The van der Waals surface area contributed by atoms with Crippen molar-refractivity contribution in [2.75, 3.05) is 18.1 Å². The zero-order valence-electron chi connectivity index (χ0n) is 10.9. The maximum absolute atomic E-state index is 12.0. The molecule has 6 nitrogen and oxygen atoms in total. The van der Waals surface area contributed by atoms with Crippen LogP contribution in [-0.2, 0) is 0 Å². The molecule has 20 heavy (non-hydrogen) atoms. The van der Waals surface area contributed by atoms with Crippen molar-refractivity contribution >= 4 is 23.2 Å². The number of nitrogens with zero attached hydrogens (tertiary/aromatic N) is 1. The van der Waals surface area contributed by atoms with Gasteiger partial charge >= 0.3 is 0 Å². The summed E-state index contributed by atoms with van der Waals surface area (Å²) in [5.74, 6) is -0.636. The minimum atomic E-state index is -0.383. The smallest absolute Gasteiger partial charge is 0.274 e. The van der Waals surface area contributed by atoms with E-state index < -0.39 is 0 Å². The molecule has 0 bridgehead atoms. The third-order valence-electron chi connectivity index (χ3n) is 2.69. The number of carbonyl (C=O) groups excluding carboxylic acids is 2. The van der Waals surface area contributed by atoms with Crippen molar-refractivity contribution in [1.82, 2.24) is 10.3 Å². The van der Waals surface area contributed by atoms with Gasteiger partial charge in [0.25, 0.3) is 11.8 Å². The number of carbonyl (C=O) groups is 2. The SMILES string of the molecule is CNC(=O)c1ccc(C(=O)Nc2ccccc2N)nc1. The molecule has 0 spiro atoms. The highest BCUT2D eigenvalue weighted by molar-refractivity contribution is 6.04. The van der Waals surface area contributed by atoms with Gasteiger partial charge in [-0.25, -0.2) is 0 Å². The van der Waals surface area contributed by atoms with E-state index in [-0.39, 0.29) is 17.5 Å². The fourth-order valence-electron chi connectivity index (χ4n) is 1.60. The lowest BCUT2D eigenvalue weighted by Gasteiger charge is -2.07. The van der Waals surface area contributed by atoms with E-state index in [1.165, 1.54) is 25.4 Å². The second-order valence-electron chi connectivity index (χ2n) is 4.05. The Morgan fingerprint density at radius 2 is 1.85 bits per heavy atom. The Balaban J connectivity index is 2.14. The molecular weight excluding hydrogens is 256 g/mol. The summed E-state index contributed by atoms with van der Waals surface area (Å²) in [6, 6.07) is 9.97. The maximum Gasteiger partial charge on any atom is 0.274 e. The van der Waals surface area contributed by atoms with E-state index in [0.717, 1.165) is 0 Å². The number of amides is 2. The van der Waals surface area contributed by atoms with Gasteiger partial charge in [-0.1, -0.05) is 12.1 Å². The summed E-state index contributed by atoms with van der Waals surface area (Å²) in [5, 5.41) is 5.14. The van der Waals surface area contributed by atoms with Gasteiger partial charge in [0, 0.05) is 13.2 Å². The number of nitrogens with two attached hydrogens (primary N) is 1. The number of para-hydroxylation sites is 2. The average Bonchev–Trinajstić information content (AvgIpc) is 2.49. The molecule has 0 saturated heterocycles. The molecule has 0 fully saturated rings. The molecule has 0 aliphatic rings. The van der Waals surface area contributed by atoms with Crippen molar-refractivity contribution < 1.29 is 9.59 Å². The van der Waals surface area contributed by atoms with Crippen LogP contribution in [0, 0.1) is 0 Å². The summed E-state index contributed by atoms with van der Waals surface area (Å²) >= 11 is 0. The minimum Gasteiger partial charge on any atom is -0.397 e. The van der Waals surface area contributed by atoms with Gasteiger partial charge < -0.3 is 16.4 Å². The fourth-order valence-corrected chi connectivity index (χ4v) is 1.60. The predicted octanol–water partition coefficient (Wildman–Crippen LogP) is 1.28. The molecule has 102 valence electrons. The summed E-state index contributed by atoms with van der Waals surface area (Å²) in [5.41, 5.74) is 7.34. The van der Waals surface area contributed by atoms with Gasteiger partial charge in [-0.3, -0.25) is 14.6 Å². The fraction of sp³-hybridized carbons (Fsp3) is 0.0714. The molecule has 1 aromatic carbocycles. The lowest BCUT2D eigenvalue weighted by molar-refractivity contribution is 0.0960. The summed E-state index contributed by atoms with van der Waals surface area (Å²) < 4.78 is 0. The van der Waals surface area contributed by atoms with Gasteiger partial charge in [0.1, 0.15) is 5.69 Å². The van der Waals surface area contributed by atoms with E-state index in [9.17, 15) is 9.59 Å². The predicted molar refractivity (Wildman–Crippen MR) is 76.4 cm³/mol. The lowest BCUT2D eigenvalue weighted by Crippen LogP contribution is -2.19. The van der Waals surface area contributed by atoms with Crippen LogP contribution in [0.5, 0.6) is 0 Å². The molecule has 0 unspecified atom stereocenters. The summed E-state index contributed by atoms with van der Waals surface area (Å²) in [7, 11) is 1.53. The monoisotopic (exact) mass is 270 g/mol. The highest BCUT2D eigenvalue weighted by atomic mass is 16.2. The van der Waals surface area contributed by atoms with Crippen LogP contribution in [0.3, 0.4) is 0 Å². The zero-order chi connectivity index (χ0) is 14.5. The third-order valence-corrected chi connectivity index (χ3v) is 2.69. The largest absolute Gasteiger partial charge is 0.397 e. The van der Waals surface area contributed by atoms with Crippen LogP contribution in [0.15, 0.2) is 42.6 Å². The lowest BCUT2D eigenvalue weighted by atomic mass is 10.2. The van der Waals surface area contributed by atoms with E-state index in [2.05, 4.69) is 15.6 Å². The molecule has 2 rings (SSSR count). The van der Waals surface area contributed by atoms with Gasteiger partial charge in [-0.15, -0.1) is 0 Å². The summed E-state index contributed by atoms with van der Waals surface area (Å²) in [6.07, 6.45) is 1.35. The Labute approximate surface area is 116 Å². The van der Waals surface area contributed by atoms with Gasteiger partial charge in [-0.05, 0) is 24.3 Å². The van der Waals surface area contributed by atoms with Crippen LogP contribution < -0.4 is 16.4 Å². The molecule has 2 amide bonds. The Bertz CT molecular complexity index is 638. The number of pyridine rings is 1. The average molecular weight is 270 g/mol. The van der Waals surface area contributed by atoms with Gasteiger partial charge in [0.05, 0.1) is 16.9 Å². The molecular formula is C14H14N4O2. The Hall–Kier alpha value is -2.89. The Morgan fingerprint density at radius 3 is 2.45 bits per heavy atom. The maximum atomic E-state index is 12.0. The molecule has 0 atom stereocenters. The molecule has 0 aliphatic heterocycles. The van der Waals surface area contributed by atoms with E-state index in [1.54, 1.807) is 24.3 Å². The van der Waals surface area contributed by atoms with Crippen LogP contribution in [0.4, 0.5) is 11.4 Å². The first-order chi connectivity index (χ1) is 9.61. The van der Waals surface area contributed by atoms with Gasteiger partial charge in [-0.2, -0.15) is 0 Å². The number of benzene rings is 1. The number of anilines is 2. The van der Waals surface area contributed by atoms with Gasteiger partial charge in [0.2, 0.25) is 0 Å². The van der Waals surface area contributed by atoms with Crippen LogP contribution in [0.1, 0.15) is 20.8 Å². The van der Waals surface area contributed by atoms with E-state index in [0.29, 0.717) is 16.9 Å². The molecule has 1 heterocycles. The zero-order valence-corrected chi connectivity index (χ0v) is 10.9. The highest BCUT2D eigenvalue weighted by Crippen LogP contribution is 2.17. The molecule has 6 heteroatoms. The third kappa shape index (κ3) is 2.92. The number of hydrogen-bond donors (Lipinski definition) is 3. The minimum absolute atomic E-state index is 0.209. The van der Waals surface area contributed by atoms with Crippen molar-refractivity contribution in [1.29, 1.82) is 0 Å². The molecule has 2 aromatic rings. The Morgan fingerprint density at radius 1 is 1.10 bits per heavy atom. The van der Waals surface area contributed by atoms with Crippen LogP contribution in [-0.4, -0.2) is 23.8 Å². The molecule has 0 radical (unpaired) electrons. The number of aromatic nitrogens is 1. The number of rotatable bonds is 3. The standard InChI is InChI=1S/C14H14N4O2/c1-16-13(19)9-6-7-12(17-8-9)14(20)18-11-5-3-2-4-10(11)15/h2-8H,15H2,1H3,(H,16,19)(H,18,20). The van der Waals surface area contributed by atoms with Crippen LogP contribution >= 0.6 is 0 Å². The van der Waals surface area contributed by atoms with Crippen molar-refractivity contribution in [3.05, 3.63) is 53.9 Å². The summed E-state index contributed by atoms with van der Waals surface area (Å²) in [4.78, 5) is 27.3. The number of hydrogen-bond acceptors (Lipinski definition) is 4. The normalized spacial score (nSPS) is 9.85. The molecule has 1 aromatic heterocycles. The van der Waals surface area contributed by atoms with Crippen molar-refractivity contribution in [3.63, 3.8) is 0 Å². The Kier molecular flexibility index (Phi) is 3.95. The first kappa shape index (κ1) is 13.5.